The van der Waals surface area contributed by atoms with Gasteiger partial charge in [-0.3, -0.25) is 14.2 Å². The third-order valence-electron chi connectivity index (χ3n) is 6.16. The zero-order valence-corrected chi connectivity index (χ0v) is 19.0. The molecule has 170 valence electrons. The molecule has 9 heteroatoms. The van der Waals surface area contributed by atoms with Gasteiger partial charge in [0.1, 0.15) is 17.4 Å². The highest BCUT2D eigenvalue weighted by Gasteiger charge is 2.32. The summed E-state index contributed by atoms with van der Waals surface area (Å²) in [5, 5.41) is 0.516. The number of carbonyl (C=O) groups is 2. The van der Waals surface area contributed by atoms with Crippen LogP contribution in [-0.4, -0.2) is 50.9 Å². The van der Waals surface area contributed by atoms with Crippen molar-refractivity contribution in [1.29, 1.82) is 0 Å². The molecule has 1 aromatic carbocycles. The Morgan fingerprint density at radius 3 is 2.97 bits per heavy atom. The van der Waals surface area contributed by atoms with Crippen LogP contribution in [0, 0.1) is 6.92 Å². The van der Waals surface area contributed by atoms with Gasteiger partial charge in [-0.15, -0.1) is 0 Å². The number of benzene rings is 1. The molecular weight excluding hydrogens is 442 g/mol. The molecule has 4 heterocycles. The molecule has 1 saturated heterocycles. The Bertz CT molecular complexity index is 1210. The number of anilines is 1. The fraction of sp³-hybridized carbons (Fsp3) is 0.333. The average molecular weight is 466 g/mol. The number of likely N-dealkylation sites (tertiary alicyclic amines) is 1. The van der Waals surface area contributed by atoms with Crippen LogP contribution in [0.1, 0.15) is 36.8 Å². The summed E-state index contributed by atoms with van der Waals surface area (Å²) in [6.07, 6.45) is 5.62. The molecular formula is C24H24ClN5O3. The van der Waals surface area contributed by atoms with E-state index in [0.29, 0.717) is 23.0 Å². The average Bonchev–Trinajstić information content (AvgIpc) is 3.47. The van der Waals surface area contributed by atoms with Gasteiger partial charge in [-0.1, -0.05) is 17.7 Å². The van der Waals surface area contributed by atoms with Crippen LogP contribution < -0.4 is 9.64 Å². The van der Waals surface area contributed by atoms with Crippen molar-refractivity contribution in [3.8, 4) is 11.6 Å². The second-order valence-electron chi connectivity index (χ2n) is 8.21. The lowest BCUT2D eigenvalue weighted by Crippen LogP contribution is -2.41. The first-order valence-corrected chi connectivity index (χ1v) is 11.4. The first-order chi connectivity index (χ1) is 16.0. The topological polar surface area (TPSA) is 80.6 Å². The van der Waals surface area contributed by atoms with Crippen molar-refractivity contribution in [2.24, 2.45) is 0 Å². The van der Waals surface area contributed by atoms with E-state index in [1.54, 1.807) is 29.3 Å². The number of hydrogen-bond acceptors (Lipinski definition) is 5. The summed E-state index contributed by atoms with van der Waals surface area (Å²) in [7, 11) is 0. The van der Waals surface area contributed by atoms with Gasteiger partial charge in [0.2, 0.25) is 5.91 Å². The van der Waals surface area contributed by atoms with Crippen molar-refractivity contribution in [3.05, 3.63) is 65.3 Å². The molecule has 0 bridgehead atoms. The van der Waals surface area contributed by atoms with E-state index in [9.17, 15) is 9.59 Å². The zero-order chi connectivity index (χ0) is 22.9. The maximum atomic E-state index is 13.2. The smallest absolute Gasteiger partial charge is 0.265 e. The quantitative estimate of drug-likeness (QED) is 0.573. The van der Waals surface area contributed by atoms with Gasteiger partial charge in [-0.25, -0.2) is 9.97 Å². The molecule has 2 amide bonds. The van der Waals surface area contributed by atoms with Crippen LogP contribution in [0.4, 0.5) is 5.69 Å². The van der Waals surface area contributed by atoms with Crippen molar-refractivity contribution in [2.75, 3.05) is 24.6 Å². The molecule has 1 fully saturated rings. The van der Waals surface area contributed by atoms with Crippen LogP contribution in [0.15, 0.2) is 48.8 Å². The number of nitrogens with zero attached hydrogens (tertiary/aromatic N) is 5. The summed E-state index contributed by atoms with van der Waals surface area (Å²) in [6, 6.07) is 11.0. The van der Waals surface area contributed by atoms with Crippen LogP contribution in [0.25, 0.3) is 5.82 Å². The molecule has 2 aliphatic heterocycles. The van der Waals surface area contributed by atoms with Crippen LogP contribution >= 0.6 is 11.6 Å². The highest BCUT2D eigenvalue weighted by atomic mass is 35.5. The predicted octanol–water partition coefficient (Wildman–Crippen LogP) is 3.71. The summed E-state index contributed by atoms with van der Waals surface area (Å²) < 4.78 is 7.42. The molecule has 0 N–H and O–H groups in total. The van der Waals surface area contributed by atoms with Crippen molar-refractivity contribution in [3.63, 3.8) is 0 Å². The van der Waals surface area contributed by atoms with E-state index in [0.717, 1.165) is 30.2 Å². The summed E-state index contributed by atoms with van der Waals surface area (Å²) in [5.74, 6) is 2.07. The van der Waals surface area contributed by atoms with Gasteiger partial charge in [0.15, 0.2) is 6.61 Å². The van der Waals surface area contributed by atoms with E-state index >= 15 is 0 Å². The minimum absolute atomic E-state index is 0.00591. The standard InChI is InChI=1S/C24H24ClN5O3/c1-16-26-10-13-28(16)22-6-2-4-18(27-22)19-5-3-11-29(19)23(31)9-12-30-20-14-17(25)7-8-21(20)33-15-24(30)32/h2,4,6-8,10,13-14,19H,3,5,9,11-12,15H2,1H3. The summed E-state index contributed by atoms with van der Waals surface area (Å²) in [6.45, 7) is 2.84. The van der Waals surface area contributed by atoms with Gasteiger partial charge < -0.3 is 14.5 Å². The number of carbonyl (C=O) groups excluding carboxylic acids is 2. The highest BCUT2D eigenvalue weighted by Crippen LogP contribution is 2.35. The predicted molar refractivity (Wildman–Crippen MR) is 124 cm³/mol. The highest BCUT2D eigenvalue weighted by molar-refractivity contribution is 6.31. The number of rotatable bonds is 5. The lowest BCUT2D eigenvalue weighted by molar-refractivity contribution is -0.132. The second kappa shape index (κ2) is 8.86. The van der Waals surface area contributed by atoms with Gasteiger partial charge in [0.05, 0.1) is 17.4 Å². The summed E-state index contributed by atoms with van der Waals surface area (Å²) in [4.78, 5) is 38.3. The van der Waals surface area contributed by atoms with Gasteiger partial charge in [0, 0.05) is 36.9 Å². The third-order valence-corrected chi connectivity index (χ3v) is 6.39. The fourth-order valence-corrected chi connectivity index (χ4v) is 4.69. The monoisotopic (exact) mass is 465 g/mol. The molecule has 2 aromatic heterocycles. The fourth-order valence-electron chi connectivity index (χ4n) is 4.52. The Morgan fingerprint density at radius 2 is 2.15 bits per heavy atom. The van der Waals surface area contributed by atoms with Crippen LogP contribution in [0.3, 0.4) is 0 Å². The zero-order valence-electron chi connectivity index (χ0n) is 18.3. The molecule has 8 nitrogen and oxygen atoms in total. The number of aromatic nitrogens is 3. The number of fused-ring (bicyclic) bond motifs is 1. The molecule has 3 aromatic rings. The first kappa shape index (κ1) is 21.5. The SMILES string of the molecule is Cc1nccn1-c1cccc(C2CCCN2C(=O)CCN2C(=O)COc3ccc(Cl)cc32)n1. The summed E-state index contributed by atoms with van der Waals surface area (Å²) in [5.41, 5.74) is 1.47. The molecule has 0 saturated carbocycles. The van der Waals surface area contributed by atoms with E-state index in [-0.39, 0.29) is 37.4 Å². The maximum absolute atomic E-state index is 13.2. The van der Waals surface area contributed by atoms with Crippen LogP contribution in [-0.2, 0) is 9.59 Å². The number of imidazole rings is 1. The Labute approximate surface area is 196 Å². The molecule has 2 aliphatic rings. The van der Waals surface area contributed by atoms with Crippen LogP contribution in [0.2, 0.25) is 5.02 Å². The van der Waals surface area contributed by atoms with Gasteiger partial charge in [0.25, 0.3) is 5.91 Å². The van der Waals surface area contributed by atoms with Gasteiger partial charge in [-0.05, 0) is 50.1 Å². The minimum Gasteiger partial charge on any atom is -0.482 e. The first-order valence-electron chi connectivity index (χ1n) is 11.0. The number of aryl methyl sites for hydroxylation is 1. The molecule has 5 rings (SSSR count). The number of ether oxygens (including phenoxy) is 1. The molecule has 0 radical (unpaired) electrons. The number of amides is 2. The van der Waals surface area contributed by atoms with E-state index in [4.69, 9.17) is 21.3 Å². The third kappa shape index (κ3) is 4.18. The number of pyridine rings is 1. The van der Waals surface area contributed by atoms with E-state index in [1.807, 2.05) is 40.8 Å². The Hall–Kier alpha value is -3.39. The normalized spacial score (nSPS) is 17.8. The van der Waals surface area contributed by atoms with E-state index < -0.39 is 0 Å². The molecule has 1 unspecified atom stereocenters. The summed E-state index contributed by atoms with van der Waals surface area (Å²) >= 11 is 6.12. The maximum Gasteiger partial charge on any atom is 0.265 e. The molecule has 33 heavy (non-hydrogen) atoms. The lowest BCUT2D eigenvalue weighted by atomic mass is 10.1. The van der Waals surface area contributed by atoms with Crippen molar-refractivity contribution in [2.45, 2.75) is 32.2 Å². The van der Waals surface area contributed by atoms with E-state index in [1.165, 1.54) is 0 Å². The molecule has 0 aliphatic carbocycles. The number of halogens is 1. The molecule has 0 spiro atoms. The van der Waals surface area contributed by atoms with Crippen molar-refractivity contribution >= 4 is 29.1 Å². The van der Waals surface area contributed by atoms with Gasteiger partial charge >= 0.3 is 0 Å². The van der Waals surface area contributed by atoms with Crippen molar-refractivity contribution < 1.29 is 14.3 Å². The minimum atomic E-state index is -0.180. The van der Waals surface area contributed by atoms with E-state index in [2.05, 4.69) is 4.98 Å². The second-order valence-corrected chi connectivity index (χ2v) is 8.64. The van der Waals surface area contributed by atoms with Gasteiger partial charge in [-0.2, -0.15) is 0 Å². The molecule has 1 atom stereocenters. The van der Waals surface area contributed by atoms with Crippen LogP contribution in [0.5, 0.6) is 5.75 Å². The Morgan fingerprint density at radius 1 is 1.27 bits per heavy atom. The lowest BCUT2D eigenvalue weighted by Gasteiger charge is -2.30. The Kier molecular flexibility index (Phi) is 5.76. The van der Waals surface area contributed by atoms with Crippen molar-refractivity contribution in [1.82, 2.24) is 19.4 Å². The Balaban J connectivity index is 1.31. The number of hydrogen-bond donors (Lipinski definition) is 0. The largest absolute Gasteiger partial charge is 0.482 e.